The van der Waals surface area contributed by atoms with Gasteiger partial charge >= 0.3 is 0 Å². The van der Waals surface area contributed by atoms with E-state index < -0.39 is 0 Å². The summed E-state index contributed by atoms with van der Waals surface area (Å²) in [4.78, 5) is 6.77. The highest BCUT2D eigenvalue weighted by atomic mass is 127. The summed E-state index contributed by atoms with van der Waals surface area (Å²) in [7, 11) is 1.75. The van der Waals surface area contributed by atoms with Crippen LogP contribution < -0.4 is 10.6 Å². The first-order chi connectivity index (χ1) is 13.1. The minimum absolute atomic E-state index is 0. The second kappa shape index (κ2) is 10.8. The number of hydrogen-bond donors (Lipinski definition) is 2. The Morgan fingerprint density at radius 1 is 1.29 bits per heavy atom. The van der Waals surface area contributed by atoms with E-state index >= 15 is 0 Å². The fourth-order valence-electron chi connectivity index (χ4n) is 3.50. The van der Waals surface area contributed by atoms with Gasteiger partial charge in [-0.1, -0.05) is 12.1 Å². The molecule has 1 fully saturated rings. The topological polar surface area (TPSA) is 52.8 Å². The van der Waals surface area contributed by atoms with Gasteiger partial charge in [0.2, 0.25) is 0 Å². The van der Waals surface area contributed by atoms with Crippen LogP contribution in [0.5, 0.6) is 0 Å². The molecular formula is C21H30FIN4O. The third-order valence-electron chi connectivity index (χ3n) is 5.19. The van der Waals surface area contributed by atoms with Gasteiger partial charge in [-0.25, -0.2) is 4.39 Å². The van der Waals surface area contributed by atoms with Crippen LogP contribution in [0.4, 0.5) is 4.39 Å². The summed E-state index contributed by atoms with van der Waals surface area (Å²) in [5.41, 5.74) is 1.54. The predicted octanol–water partition coefficient (Wildman–Crippen LogP) is 4.41. The van der Waals surface area contributed by atoms with Crippen molar-refractivity contribution in [3.05, 3.63) is 59.3 Å². The number of aryl methyl sites for hydroxylation is 1. The monoisotopic (exact) mass is 500 g/mol. The lowest BCUT2D eigenvalue weighted by Gasteiger charge is -2.27. The van der Waals surface area contributed by atoms with Crippen LogP contribution in [0.2, 0.25) is 0 Å². The van der Waals surface area contributed by atoms with Crippen LogP contribution in [0.25, 0.3) is 0 Å². The van der Waals surface area contributed by atoms with Crippen molar-refractivity contribution in [1.29, 1.82) is 0 Å². The number of furan rings is 1. The highest BCUT2D eigenvalue weighted by Gasteiger charge is 2.25. The zero-order chi connectivity index (χ0) is 19.2. The van der Waals surface area contributed by atoms with E-state index in [1.54, 1.807) is 32.4 Å². The van der Waals surface area contributed by atoms with Gasteiger partial charge in [0.25, 0.3) is 0 Å². The van der Waals surface area contributed by atoms with Gasteiger partial charge in [0.15, 0.2) is 5.96 Å². The van der Waals surface area contributed by atoms with Crippen LogP contribution >= 0.6 is 24.0 Å². The Labute approximate surface area is 183 Å². The molecule has 154 valence electrons. The van der Waals surface area contributed by atoms with Crippen molar-refractivity contribution in [3.63, 3.8) is 0 Å². The molecule has 0 amide bonds. The van der Waals surface area contributed by atoms with Crippen molar-refractivity contribution >= 4 is 29.9 Å². The Hall–Kier alpha value is -1.61. The number of nitrogens with one attached hydrogen (secondary N) is 2. The number of halogens is 2. The Balaban J connectivity index is 0.00000280. The largest absolute Gasteiger partial charge is 0.468 e. The standard InChI is InChI=1S/C21H29FN4O.HI/c1-15-8-9-17(13-18(15)22)16(2)25-21(23-3)24-14-19(20-7-6-12-27-20)26-10-4-5-11-26;/h6-9,12-13,16,19H,4-5,10-11,14H2,1-3H3,(H2,23,24,25);1H. The molecule has 0 saturated carbocycles. The van der Waals surface area contributed by atoms with E-state index in [4.69, 9.17) is 4.42 Å². The Morgan fingerprint density at radius 3 is 2.64 bits per heavy atom. The third kappa shape index (κ3) is 5.70. The third-order valence-corrected chi connectivity index (χ3v) is 5.19. The molecule has 0 bridgehead atoms. The summed E-state index contributed by atoms with van der Waals surface area (Å²) in [5, 5.41) is 6.75. The van der Waals surface area contributed by atoms with Gasteiger partial charge < -0.3 is 15.1 Å². The first kappa shape index (κ1) is 22.7. The predicted molar refractivity (Wildman–Crippen MR) is 122 cm³/mol. The SMILES string of the molecule is CN=C(NCC(c1ccco1)N1CCCC1)NC(C)c1ccc(C)c(F)c1.I. The quantitative estimate of drug-likeness (QED) is 0.351. The zero-order valence-corrected chi connectivity index (χ0v) is 19.1. The number of aliphatic imine (C=N–C) groups is 1. The van der Waals surface area contributed by atoms with Crippen molar-refractivity contribution in [3.8, 4) is 0 Å². The Morgan fingerprint density at radius 2 is 2.04 bits per heavy atom. The maximum Gasteiger partial charge on any atom is 0.191 e. The molecule has 1 aliphatic rings. The summed E-state index contributed by atoms with van der Waals surface area (Å²) in [6, 6.07) is 9.40. The minimum atomic E-state index is -0.184. The molecule has 2 heterocycles. The van der Waals surface area contributed by atoms with Gasteiger partial charge in [0.05, 0.1) is 18.3 Å². The molecule has 2 unspecified atom stereocenters. The molecule has 0 radical (unpaired) electrons. The van der Waals surface area contributed by atoms with Crippen LogP contribution in [-0.2, 0) is 0 Å². The van der Waals surface area contributed by atoms with Gasteiger partial charge in [-0.05, 0) is 69.1 Å². The lowest BCUT2D eigenvalue weighted by molar-refractivity contribution is 0.215. The molecule has 3 rings (SSSR count). The maximum absolute atomic E-state index is 13.9. The second-order valence-corrected chi connectivity index (χ2v) is 7.10. The lowest BCUT2D eigenvalue weighted by Crippen LogP contribution is -2.43. The number of likely N-dealkylation sites (tertiary alicyclic amines) is 1. The first-order valence-corrected chi connectivity index (χ1v) is 9.59. The van der Waals surface area contributed by atoms with Crippen molar-refractivity contribution < 1.29 is 8.81 Å². The molecule has 1 aliphatic heterocycles. The van der Waals surface area contributed by atoms with Gasteiger partial charge in [-0.3, -0.25) is 9.89 Å². The molecule has 2 N–H and O–H groups in total. The molecule has 5 nitrogen and oxygen atoms in total. The van der Waals surface area contributed by atoms with E-state index in [0.717, 1.165) is 24.4 Å². The molecule has 28 heavy (non-hydrogen) atoms. The second-order valence-electron chi connectivity index (χ2n) is 7.10. The molecule has 1 aromatic heterocycles. The fourth-order valence-corrected chi connectivity index (χ4v) is 3.50. The van der Waals surface area contributed by atoms with E-state index in [0.29, 0.717) is 18.1 Å². The highest BCUT2D eigenvalue weighted by molar-refractivity contribution is 14.0. The minimum Gasteiger partial charge on any atom is -0.468 e. The van der Waals surface area contributed by atoms with Crippen molar-refractivity contribution in [2.75, 3.05) is 26.7 Å². The maximum atomic E-state index is 13.9. The summed E-state index contributed by atoms with van der Waals surface area (Å²) in [6.45, 7) is 6.63. The molecule has 1 saturated heterocycles. The van der Waals surface area contributed by atoms with Gasteiger partial charge in [-0.15, -0.1) is 24.0 Å². The number of nitrogens with zero attached hydrogens (tertiary/aromatic N) is 2. The molecule has 2 aromatic rings. The summed E-state index contributed by atoms with van der Waals surface area (Å²) in [6.07, 6.45) is 4.17. The Kier molecular flexibility index (Phi) is 8.75. The van der Waals surface area contributed by atoms with E-state index in [-0.39, 0.29) is 41.9 Å². The van der Waals surface area contributed by atoms with E-state index in [9.17, 15) is 4.39 Å². The average molecular weight is 500 g/mol. The smallest absolute Gasteiger partial charge is 0.191 e. The molecule has 0 aliphatic carbocycles. The first-order valence-electron chi connectivity index (χ1n) is 9.59. The summed E-state index contributed by atoms with van der Waals surface area (Å²) < 4.78 is 19.5. The number of hydrogen-bond acceptors (Lipinski definition) is 3. The van der Waals surface area contributed by atoms with Gasteiger partial charge in [0.1, 0.15) is 11.6 Å². The van der Waals surface area contributed by atoms with Crippen LogP contribution in [0.1, 0.15) is 48.7 Å². The molecule has 1 aromatic carbocycles. The van der Waals surface area contributed by atoms with Crippen LogP contribution in [0.15, 0.2) is 46.0 Å². The zero-order valence-electron chi connectivity index (χ0n) is 16.7. The van der Waals surface area contributed by atoms with Crippen molar-refractivity contribution in [1.82, 2.24) is 15.5 Å². The lowest BCUT2D eigenvalue weighted by atomic mass is 10.1. The van der Waals surface area contributed by atoms with E-state index in [1.165, 1.54) is 12.8 Å². The van der Waals surface area contributed by atoms with E-state index in [2.05, 4.69) is 20.5 Å². The van der Waals surface area contributed by atoms with Crippen molar-refractivity contribution in [2.24, 2.45) is 4.99 Å². The molecule has 7 heteroatoms. The fraction of sp³-hybridized carbons (Fsp3) is 0.476. The summed E-state index contributed by atoms with van der Waals surface area (Å²) in [5.74, 6) is 1.48. The number of guanidine groups is 1. The average Bonchev–Trinajstić information content (AvgIpc) is 3.37. The highest BCUT2D eigenvalue weighted by Crippen LogP contribution is 2.25. The van der Waals surface area contributed by atoms with Gasteiger partial charge in [0, 0.05) is 13.6 Å². The number of benzene rings is 1. The van der Waals surface area contributed by atoms with Crippen LogP contribution in [0, 0.1) is 12.7 Å². The normalized spacial score (nSPS) is 17.1. The van der Waals surface area contributed by atoms with Crippen LogP contribution in [-0.4, -0.2) is 37.5 Å². The van der Waals surface area contributed by atoms with Crippen molar-refractivity contribution in [2.45, 2.75) is 38.8 Å². The molecular weight excluding hydrogens is 470 g/mol. The van der Waals surface area contributed by atoms with Gasteiger partial charge in [-0.2, -0.15) is 0 Å². The van der Waals surface area contributed by atoms with E-state index in [1.807, 2.05) is 25.1 Å². The molecule has 0 spiro atoms. The Bertz CT molecular complexity index is 760. The number of rotatable bonds is 6. The molecule has 2 atom stereocenters. The summed E-state index contributed by atoms with van der Waals surface area (Å²) >= 11 is 0. The van der Waals surface area contributed by atoms with Crippen LogP contribution in [0.3, 0.4) is 0 Å².